The fourth-order valence-corrected chi connectivity index (χ4v) is 3.00. The van der Waals surface area contributed by atoms with Crippen molar-refractivity contribution in [3.63, 3.8) is 0 Å². The highest BCUT2D eigenvalue weighted by Gasteiger charge is 2.07. The third kappa shape index (κ3) is 3.63. The van der Waals surface area contributed by atoms with Gasteiger partial charge in [0.05, 0.1) is 5.52 Å². The summed E-state index contributed by atoms with van der Waals surface area (Å²) >= 11 is 6.87. The van der Waals surface area contributed by atoms with Crippen LogP contribution < -0.4 is 10.4 Å². The second-order valence-electron chi connectivity index (χ2n) is 3.91. The lowest BCUT2D eigenvalue weighted by atomic mass is 10.2. The predicted octanol–water partition coefficient (Wildman–Crippen LogP) is 2.10. The number of benzene rings is 1. The number of aromatic nitrogens is 2. The van der Waals surface area contributed by atoms with Crippen LogP contribution in [-0.2, 0) is 4.79 Å². The van der Waals surface area contributed by atoms with Crippen molar-refractivity contribution in [2.24, 2.45) is 0 Å². The standard InChI is InChI=1S/C12H11Br2N3O2/c13-7-4-8-11(9(14)5-7)16-6-17-12(8)15-3-1-2-10(18)19/h4-6H,1-3H2,(H,18,19)(H,15,16,17)/p-1. The van der Waals surface area contributed by atoms with Crippen LogP contribution in [0.25, 0.3) is 10.9 Å². The van der Waals surface area contributed by atoms with Gasteiger partial charge < -0.3 is 15.2 Å². The zero-order chi connectivity index (χ0) is 13.8. The molecule has 0 aliphatic heterocycles. The van der Waals surface area contributed by atoms with E-state index in [1.807, 2.05) is 12.1 Å². The molecule has 1 aromatic carbocycles. The largest absolute Gasteiger partial charge is 0.550 e. The maximum absolute atomic E-state index is 10.3. The van der Waals surface area contributed by atoms with Crippen LogP contribution in [0.15, 0.2) is 27.4 Å². The van der Waals surface area contributed by atoms with E-state index in [1.54, 1.807) is 0 Å². The second kappa shape index (κ2) is 6.29. The first-order valence-electron chi connectivity index (χ1n) is 5.61. The van der Waals surface area contributed by atoms with Gasteiger partial charge in [0.1, 0.15) is 12.1 Å². The number of nitrogens with one attached hydrogen (secondary N) is 1. The molecule has 0 fully saturated rings. The third-order valence-electron chi connectivity index (χ3n) is 2.51. The molecule has 5 nitrogen and oxygen atoms in total. The van der Waals surface area contributed by atoms with Gasteiger partial charge in [0.2, 0.25) is 0 Å². The SMILES string of the molecule is O=C([O-])CCCNc1ncnc2c(Br)cc(Br)cc12. The van der Waals surface area contributed by atoms with Gasteiger partial charge in [-0.05, 0) is 40.9 Å². The number of carbonyl (C=O) groups excluding carboxylic acids is 1. The maximum atomic E-state index is 10.3. The molecule has 1 aromatic heterocycles. The van der Waals surface area contributed by atoms with Crippen molar-refractivity contribution in [1.29, 1.82) is 0 Å². The van der Waals surface area contributed by atoms with Crippen molar-refractivity contribution in [3.05, 3.63) is 27.4 Å². The number of hydrogen-bond donors (Lipinski definition) is 1. The van der Waals surface area contributed by atoms with Crippen LogP contribution in [0.3, 0.4) is 0 Å². The number of anilines is 1. The lowest BCUT2D eigenvalue weighted by molar-refractivity contribution is -0.305. The maximum Gasteiger partial charge on any atom is 0.137 e. The molecule has 2 aromatic rings. The molecule has 0 atom stereocenters. The van der Waals surface area contributed by atoms with Crippen LogP contribution in [0.1, 0.15) is 12.8 Å². The first-order valence-corrected chi connectivity index (χ1v) is 7.20. The predicted molar refractivity (Wildman–Crippen MR) is 77.7 cm³/mol. The molecular weight excluding hydrogens is 378 g/mol. The Morgan fingerprint density at radius 1 is 1.32 bits per heavy atom. The summed E-state index contributed by atoms with van der Waals surface area (Å²) in [6, 6.07) is 3.83. The summed E-state index contributed by atoms with van der Waals surface area (Å²) in [6.07, 6.45) is 1.99. The summed E-state index contributed by atoms with van der Waals surface area (Å²) in [5, 5.41) is 14.3. The third-order valence-corrected chi connectivity index (χ3v) is 3.57. The number of rotatable bonds is 5. The first kappa shape index (κ1) is 14.2. The minimum atomic E-state index is -1.04. The van der Waals surface area contributed by atoms with Gasteiger partial charge in [-0.25, -0.2) is 9.97 Å². The van der Waals surface area contributed by atoms with E-state index < -0.39 is 5.97 Å². The van der Waals surface area contributed by atoms with Gasteiger partial charge in [-0.3, -0.25) is 0 Å². The van der Waals surface area contributed by atoms with Crippen LogP contribution in [0.5, 0.6) is 0 Å². The van der Waals surface area contributed by atoms with Gasteiger partial charge in [-0.2, -0.15) is 0 Å². The molecule has 7 heteroatoms. The number of nitrogens with zero attached hydrogens (tertiary/aromatic N) is 2. The molecule has 0 bridgehead atoms. The van der Waals surface area contributed by atoms with E-state index in [2.05, 4.69) is 47.1 Å². The van der Waals surface area contributed by atoms with Crippen molar-refractivity contribution >= 4 is 54.5 Å². The average molecular weight is 388 g/mol. The van der Waals surface area contributed by atoms with E-state index in [-0.39, 0.29) is 6.42 Å². The number of carboxylic acids is 1. The zero-order valence-corrected chi connectivity index (χ0v) is 13.0. The van der Waals surface area contributed by atoms with Gasteiger partial charge in [0, 0.05) is 26.8 Å². The topological polar surface area (TPSA) is 77.9 Å². The van der Waals surface area contributed by atoms with E-state index in [9.17, 15) is 9.90 Å². The van der Waals surface area contributed by atoms with Crippen molar-refractivity contribution in [2.75, 3.05) is 11.9 Å². The molecule has 0 radical (unpaired) electrons. The Hall–Kier alpha value is -1.21. The van der Waals surface area contributed by atoms with Crippen LogP contribution in [0, 0.1) is 0 Å². The zero-order valence-electron chi connectivity index (χ0n) is 9.82. The quantitative estimate of drug-likeness (QED) is 0.795. The second-order valence-corrected chi connectivity index (χ2v) is 5.68. The Morgan fingerprint density at radius 2 is 2.11 bits per heavy atom. The Labute approximate surface area is 126 Å². The highest BCUT2D eigenvalue weighted by molar-refractivity contribution is 9.11. The monoisotopic (exact) mass is 386 g/mol. The van der Waals surface area contributed by atoms with E-state index in [1.165, 1.54) is 6.33 Å². The normalized spacial score (nSPS) is 10.6. The molecule has 1 N–H and O–H groups in total. The lowest BCUT2D eigenvalue weighted by Crippen LogP contribution is -2.22. The highest BCUT2D eigenvalue weighted by atomic mass is 79.9. The molecule has 100 valence electrons. The number of aliphatic carboxylic acids is 1. The molecule has 0 amide bonds. The first-order chi connectivity index (χ1) is 9.08. The van der Waals surface area contributed by atoms with Crippen molar-refractivity contribution in [1.82, 2.24) is 9.97 Å². The van der Waals surface area contributed by atoms with Crippen molar-refractivity contribution in [2.45, 2.75) is 12.8 Å². The average Bonchev–Trinajstić information content (AvgIpc) is 2.34. The summed E-state index contributed by atoms with van der Waals surface area (Å²) < 4.78 is 1.79. The van der Waals surface area contributed by atoms with Crippen LogP contribution in [0.4, 0.5) is 5.82 Å². The molecule has 1 heterocycles. The van der Waals surface area contributed by atoms with Crippen LogP contribution >= 0.6 is 31.9 Å². The molecule has 0 saturated heterocycles. The fourth-order valence-electron chi connectivity index (χ4n) is 1.67. The summed E-state index contributed by atoms with van der Waals surface area (Å²) in [6.45, 7) is 0.518. The van der Waals surface area contributed by atoms with Gasteiger partial charge in [0.25, 0.3) is 0 Å². The van der Waals surface area contributed by atoms with E-state index >= 15 is 0 Å². The van der Waals surface area contributed by atoms with Crippen molar-refractivity contribution in [3.8, 4) is 0 Å². The Bertz CT molecular complexity index is 619. The van der Waals surface area contributed by atoms with E-state index in [0.29, 0.717) is 18.8 Å². The van der Waals surface area contributed by atoms with Gasteiger partial charge in [-0.1, -0.05) is 15.9 Å². The number of hydrogen-bond acceptors (Lipinski definition) is 5. The van der Waals surface area contributed by atoms with Crippen LogP contribution in [0.2, 0.25) is 0 Å². The van der Waals surface area contributed by atoms with Gasteiger partial charge in [0.15, 0.2) is 0 Å². The summed E-state index contributed by atoms with van der Waals surface area (Å²) in [4.78, 5) is 18.7. The summed E-state index contributed by atoms with van der Waals surface area (Å²) in [5.74, 6) is -0.356. The number of carbonyl (C=O) groups is 1. The molecular formula is C12H10Br2N3O2-. The fraction of sp³-hybridized carbons (Fsp3) is 0.250. The Kier molecular flexibility index (Phi) is 4.71. The molecule has 0 aliphatic rings. The Balaban J connectivity index is 2.21. The minimum absolute atomic E-state index is 0.0312. The smallest absolute Gasteiger partial charge is 0.137 e. The molecule has 19 heavy (non-hydrogen) atoms. The molecule has 2 rings (SSSR count). The number of fused-ring (bicyclic) bond motifs is 1. The number of carboxylic acid groups (broad SMARTS) is 1. The Morgan fingerprint density at radius 3 is 2.84 bits per heavy atom. The summed E-state index contributed by atoms with van der Waals surface area (Å²) in [5.41, 5.74) is 0.806. The summed E-state index contributed by atoms with van der Waals surface area (Å²) in [7, 11) is 0. The molecule has 0 unspecified atom stereocenters. The van der Waals surface area contributed by atoms with Crippen LogP contribution in [-0.4, -0.2) is 22.5 Å². The molecule has 0 saturated carbocycles. The highest BCUT2D eigenvalue weighted by Crippen LogP contribution is 2.30. The number of halogens is 2. The van der Waals surface area contributed by atoms with Gasteiger partial charge in [-0.15, -0.1) is 0 Å². The minimum Gasteiger partial charge on any atom is -0.550 e. The lowest BCUT2D eigenvalue weighted by Gasteiger charge is -2.09. The van der Waals surface area contributed by atoms with E-state index in [0.717, 1.165) is 19.8 Å². The molecule has 0 spiro atoms. The van der Waals surface area contributed by atoms with E-state index in [4.69, 9.17) is 0 Å². The van der Waals surface area contributed by atoms with Gasteiger partial charge >= 0.3 is 0 Å². The van der Waals surface area contributed by atoms with Crippen molar-refractivity contribution < 1.29 is 9.90 Å². The molecule has 0 aliphatic carbocycles.